The summed E-state index contributed by atoms with van der Waals surface area (Å²) in [5, 5.41) is 3.91. The number of halogens is 1. The molecule has 0 saturated carbocycles. The second-order valence-electron chi connectivity index (χ2n) is 6.90. The minimum Gasteiger partial charge on any atom is -0.345 e. The quantitative estimate of drug-likeness (QED) is 0.694. The fourth-order valence-electron chi connectivity index (χ4n) is 3.53. The Hall–Kier alpha value is -2.96. The molecule has 4 rings (SSSR count). The number of hydrogen-bond donors (Lipinski definition) is 0. The minimum atomic E-state index is -0.371. The maximum absolute atomic E-state index is 13.9. The standard InChI is InChI=1S/C20H21FN4O2/c21-17-8-2-1-7-16(17)20-22-18(27-23-20)12-15-6-5-11-25(13-15)19(26)14-24-9-3-4-10-24/h1-4,7-10,15H,5-6,11-14H2. The number of hydrogen-bond acceptors (Lipinski definition) is 4. The molecule has 3 heterocycles. The Bertz CT molecular complexity index is 906. The van der Waals surface area contributed by atoms with Crippen LogP contribution in [0, 0.1) is 11.7 Å². The van der Waals surface area contributed by atoms with Gasteiger partial charge in [-0.05, 0) is 43.0 Å². The molecule has 140 valence electrons. The van der Waals surface area contributed by atoms with Crippen molar-refractivity contribution in [3.8, 4) is 11.4 Å². The van der Waals surface area contributed by atoms with E-state index in [1.54, 1.807) is 18.2 Å². The molecule has 3 aromatic rings. The summed E-state index contributed by atoms with van der Waals surface area (Å²) in [4.78, 5) is 18.7. The van der Waals surface area contributed by atoms with Gasteiger partial charge in [0.2, 0.25) is 17.6 Å². The van der Waals surface area contributed by atoms with Gasteiger partial charge in [-0.15, -0.1) is 0 Å². The Morgan fingerprint density at radius 1 is 1.22 bits per heavy atom. The van der Waals surface area contributed by atoms with E-state index >= 15 is 0 Å². The third-order valence-electron chi connectivity index (χ3n) is 4.90. The highest BCUT2D eigenvalue weighted by atomic mass is 19.1. The molecule has 27 heavy (non-hydrogen) atoms. The highest BCUT2D eigenvalue weighted by molar-refractivity contribution is 5.76. The van der Waals surface area contributed by atoms with Gasteiger partial charge in [-0.25, -0.2) is 4.39 Å². The first-order chi connectivity index (χ1) is 13.2. The van der Waals surface area contributed by atoms with E-state index in [0.717, 1.165) is 19.4 Å². The molecule has 1 aliphatic rings. The van der Waals surface area contributed by atoms with Crippen LogP contribution in [0.4, 0.5) is 4.39 Å². The molecule has 0 bridgehead atoms. The van der Waals surface area contributed by atoms with Crippen LogP contribution in [-0.2, 0) is 17.8 Å². The van der Waals surface area contributed by atoms with Gasteiger partial charge in [0, 0.05) is 31.9 Å². The van der Waals surface area contributed by atoms with Gasteiger partial charge in [-0.3, -0.25) is 4.79 Å². The first-order valence-electron chi connectivity index (χ1n) is 9.15. The minimum absolute atomic E-state index is 0.119. The molecular weight excluding hydrogens is 347 g/mol. The summed E-state index contributed by atoms with van der Waals surface area (Å²) >= 11 is 0. The fourth-order valence-corrected chi connectivity index (χ4v) is 3.53. The van der Waals surface area contributed by atoms with Crippen molar-refractivity contribution in [1.82, 2.24) is 19.6 Å². The lowest BCUT2D eigenvalue weighted by Crippen LogP contribution is -2.42. The SMILES string of the molecule is O=C(Cn1cccc1)N1CCCC(Cc2nc(-c3ccccc3F)no2)C1. The summed E-state index contributed by atoms with van der Waals surface area (Å²) in [6.07, 6.45) is 6.33. The lowest BCUT2D eigenvalue weighted by molar-refractivity contribution is -0.133. The number of carbonyl (C=O) groups excluding carboxylic acids is 1. The Balaban J connectivity index is 1.38. The summed E-state index contributed by atoms with van der Waals surface area (Å²) in [6, 6.07) is 10.2. The van der Waals surface area contributed by atoms with Crippen LogP contribution in [0.15, 0.2) is 53.3 Å². The van der Waals surface area contributed by atoms with Gasteiger partial charge in [-0.2, -0.15) is 4.98 Å². The first-order valence-corrected chi connectivity index (χ1v) is 9.15. The third-order valence-corrected chi connectivity index (χ3v) is 4.90. The first kappa shape index (κ1) is 17.5. The number of piperidine rings is 1. The summed E-state index contributed by atoms with van der Waals surface area (Å²) in [5.41, 5.74) is 0.333. The van der Waals surface area contributed by atoms with Crippen molar-refractivity contribution in [2.45, 2.75) is 25.8 Å². The highest BCUT2D eigenvalue weighted by Gasteiger charge is 2.25. The number of rotatable bonds is 5. The predicted molar refractivity (Wildman–Crippen MR) is 97.1 cm³/mol. The van der Waals surface area contributed by atoms with Crippen molar-refractivity contribution in [2.24, 2.45) is 5.92 Å². The summed E-state index contributed by atoms with van der Waals surface area (Å²) in [5.74, 6) is 0.761. The molecule has 1 aromatic carbocycles. The monoisotopic (exact) mass is 368 g/mol. The predicted octanol–water partition coefficient (Wildman–Crippen LogP) is 3.16. The highest BCUT2D eigenvalue weighted by Crippen LogP contribution is 2.23. The number of likely N-dealkylation sites (tertiary alicyclic amines) is 1. The van der Waals surface area contributed by atoms with Crippen molar-refractivity contribution < 1.29 is 13.7 Å². The molecule has 1 atom stereocenters. The van der Waals surface area contributed by atoms with Crippen LogP contribution in [0.3, 0.4) is 0 Å². The zero-order valence-corrected chi connectivity index (χ0v) is 14.9. The molecule has 0 spiro atoms. The summed E-state index contributed by atoms with van der Waals surface area (Å²) < 4.78 is 21.1. The number of amides is 1. The average Bonchev–Trinajstić information content (AvgIpc) is 3.34. The molecule has 1 saturated heterocycles. The van der Waals surface area contributed by atoms with E-state index in [0.29, 0.717) is 31.0 Å². The van der Waals surface area contributed by atoms with Crippen molar-refractivity contribution in [1.29, 1.82) is 0 Å². The van der Waals surface area contributed by atoms with Gasteiger partial charge in [0.1, 0.15) is 12.4 Å². The van der Waals surface area contributed by atoms with Crippen LogP contribution in [-0.4, -0.2) is 38.6 Å². The van der Waals surface area contributed by atoms with Gasteiger partial charge in [-0.1, -0.05) is 17.3 Å². The summed E-state index contributed by atoms with van der Waals surface area (Å²) in [7, 11) is 0. The maximum atomic E-state index is 13.9. The molecule has 2 aromatic heterocycles. The van der Waals surface area contributed by atoms with Crippen LogP contribution >= 0.6 is 0 Å². The van der Waals surface area contributed by atoms with Crippen molar-refractivity contribution >= 4 is 5.91 Å². The molecule has 1 unspecified atom stereocenters. The fraction of sp³-hybridized carbons (Fsp3) is 0.350. The van der Waals surface area contributed by atoms with Gasteiger partial charge >= 0.3 is 0 Å². The number of carbonyl (C=O) groups is 1. The zero-order chi connectivity index (χ0) is 18.6. The molecule has 0 aliphatic carbocycles. The molecule has 6 nitrogen and oxygen atoms in total. The van der Waals surface area contributed by atoms with Crippen LogP contribution in [0.25, 0.3) is 11.4 Å². The molecule has 1 amide bonds. The van der Waals surface area contributed by atoms with E-state index < -0.39 is 0 Å². The number of aromatic nitrogens is 3. The summed E-state index contributed by atoms with van der Waals surface area (Å²) in [6.45, 7) is 1.82. The molecule has 7 heteroatoms. The Morgan fingerprint density at radius 2 is 2.04 bits per heavy atom. The van der Waals surface area contributed by atoms with Crippen LogP contribution in [0.5, 0.6) is 0 Å². The van der Waals surface area contributed by atoms with Crippen LogP contribution in [0.1, 0.15) is 18.7 Å². The third kappa shape index (κ3) is 4.07. The normalized spacial score (nSPS) is 17.2. The Kier molecular flexibility index (Phi) is 5.00. The number of benzene rings is 1. The maximum Gasteiger partial charge on any atom is 0.242 e. The van der Waals surface area contributed by atoms with E-state index in [9.17, 15) is 9.18 Å². The Labute approximate surface area is 156 Å². The largest absolute Gasteiger partial charge is 0.345 e. The van der Waals surface area contributed by atoms with E-state index in [1.165, 1.54) is 6.07 Å². The lowest BCUT2D eigenvalue weighted by atomic mass is 9.94. The van der Waals surface area contributed by atoms with Crippen LogP contribution in [0.2, 0.25) is 0 Å². The second-order valence-corrected chi connectivity index (χ2v) is 6.90. The number of nitrogens with zero attached hydrogens (tertiary/aromatic N) is 4. The van der Waals surface area contributed by atoms with E-state index in [1.807, 2.05) is 34.0 Å². The van der Waals surface area contributed by atoms with Crippen LogP contribution < -0.4 is 0 Å². The topological polar surface area (TPSA) is 64.2 Å². The van der Waals surface area contributed by atoms with E-state index in [4.69, 9.17) is 4.52 Å². The van der Waals surface area contributed by atoms with Crippen molar-refractivity contribution in [3.63, 3.8) is 0 Å². The van der Waals surface area contributed by atoms with Gasteiger partial charge in [0.05, 0.1) is 5.56 Å². The zero-order valence-electron chi connectivity index (χ0n) is 14.9. The molecule has 1 fully saturated rings. The van der Waals surface area contributed by atoms with E-state index in [-0.39, 0.29) is 23.5 Å². The van der Waals surface area contributed by atoms with Crippen molar-refractivity contribution in [2.75, 3.05) is 13.1 Å². The van der Waals surface area contributed by atoms with Gasteiger partial charge in [0.15, 0.2) is 0 Å². The lowest BCUT2D eigenvalue weighted by Gasteiger charge is -2.32. The second kappa shape index (κ2) is 7.73. The average molecular weight is 368 g/mol. The Morgan fingerprint density at radius 3 is 2.85 bits per heavy atom. The molecular formula is C20H21FN4O2. The smallest absolute Gasteiger partial charge is 0.242 e. The van der Waals surface area contributed by atoms with E-state index in [2.05, 4.69) is 10.1 Å². The molecule has 1 aliphatic heterocycles. The van der Waals surface area contributed by atoms with Crippen molar-refractivity contribution in [3.05, 3.63) is 60.5 Å². The van der Waals surface area contributed by atoms with Gasteiger partial charge < -0.3 is 14.0 Å². The molecule has 0 radical (unpaired) electrons. The molecule has 0 N–H and O–H groups in total. The van der Waals surface area contributed by atoms with Gasteiger partial charge in [0.25, 0.3) is 0 Å².